The van der Waals surface area contributed by atoms with Gasteiger partial charge in [-0.2, -0.15) is 0 Å². The van der Waals surface area contributed by atoms with Crippen LogP contribution >= 0.6 is 15.9 Å². The first kappa shape index (κ1) is 30.6. The van der Waals surface area contributed by atoms with Gasteiger partial charge in [0.15, 0.2) is 0 Å². The van der Waals surface area contributed by atoms with Crippen molar-refractivity contribution in [2.45, 2.75) is 19.1 Å². The fourth-order valence-corrected chi connectivity index (χ4v) is 5.51. The van der Waals surface area contributed by atoms with Crippen molar-refractivity contribution in [3.63, 3.8) is 0 Å². The largest absolute Gasteiger partial charge is 0.486 e. The van der Waals surface area contributed by atoms with Gasteiger partial charge in [0.1, 0.15) is 29.9 Å². The Bertz CT molecular complexity index is 1990. The average Bonchev–Trinajstić information content (AvgIpc) is 3.08. The number of hydrogen-bond acceptors (Lipinski definition) is 5. The first-order valence-electron chi connectivity index (χ1n) is 14.6. The minimum absolute atomic E-state index is 0.0909. The Morgan fingerprint density at radius 3 is 2.35 bits per heavy atom. The highest BCUT2D eigenvalue weighted by atomic mass is 79.9. The summed E-state index contributed by atoms with van der Waals surface area (Å²) in [5, 5.41) is 14.7. The van der Waals surface area contributed by atoms with Crippen molar-refractivity contribution < 1.29 is 24.2 Å². The second-order valence-electron chi connectivity index (χ2n) is 10.6. The van der Waals surface area contributed by atoms with E-state index in [0.29, 0.717) is 16.0 Å². The van der Waals surface area contributed by atoms with Crippen molar-refractivity contribution in [2.24, 2.45) is 0 Å². The Morgan fingerprint density at radius 2 is 1.54 bits per heavy atom. The molecule has 0 aliphatic carbocycles. The van der Waals surface area contributed by atoms with Gasteiger partial charge in [-0.25, -0.2) is 4.79 Å². The molecule has 0 spiro atoms. The van der Waals surface area contributed by atoms with E-state index >= 15 is 0 Å². The maximum absolute atomic E-state index is 13.5. The molecular formula is C38H29BrN2O5. The first-order valence-corrected chi connectivity index (χ1v) is 15.4. The van der Waals surface area contributed by atoms with Crippen LogP contribution in [0.3, 0.4) is 0 Å². The minimum atomic E-state index is -1.17. The first-order chi connectivity index (χ1) is 22.4. The van der Waals surface area contributed by atoms with Crippen LogP contribution in [0.15, 0.2) is 138 Å². The number of amides is 1. The van der Waals surface area contributed by atoms with E-state index in [1.54, 1.807) is 24.4 Å². The molecule has 0 unspecified atom stereocenters. The lowest BCUT2D eigenvalue weighted by atomic mass is 9.99. The molecule has 8 heteroatoms. The maximum Gasteiger partial charge on any atom is 0.326 e. The summed E-state index contributed by atoms with van der Waals surface area (Å²) in [6.45, 7) is 0.136. The zero-order chi connectivity index (χ0) is 31.9. The molecule has 7 nitrogen and oxygen atoms in total. The van der Waals surface area contributed by atoms with E-state index in [9.17, 15) is 14.7 Å². The number of halogens is 1. The number of nitrogens with zero attached hydrogens (tertiary/aromatic N) is 1. The summed E-state index contributed by atoms with van der Waals surface area (Å²) in [4.78, 5) is 30.2. The Kier molecular flexibility index (Phi) is 9.36. The van der Waals surface area contributed by atoms with Gasteiger partial charge >= 0.3 is 5.97 Å². The number of fused-ring (bicyclic) bond motifs is 1. The topological polar surface area (TPSA) is 97.8 Å². The molecule has 2 N–H and O–H groups in total. The predicted octanol–water partition coefficient (Wildman–Crippen LogP) is 8.46. The highest BCUT2D eigenvalue weighted by Crippen LogP contribution is 2.33. The van der Waals surface area contributed by atoms with Crippen LogP contribution in [0.5, 0.6) is 17.2 Å². The molecule has 6 aromatic rings. The molecule has 0 radical (unpaired) electrons. The van der Waals surface area contributed by atoms with Gasteiger partial charge in [0.2, 0.25) is 0 Å². The number of ether oxygens (including phenoxy) is 2. The van der Waals surface area contributed by atoms with Gasteiger partial charge in [0.25, 0.3) is 5.91 Å². The van der Waals surface area contributed by atoms with E-state index in [1.165, 1.54) is 0 Å². The second-order valence-corrected chi connectivity index (χ2v) is 11.5. The summed E-state index contributed by atoms with van der Waals surface area (Å²) >= 11 is 3.42. The van der Waals surface area contributed by atoms with Crippen molar-refractivity contribution in [1.82, 2.24) is 10.3 Å². The molecule has 0 aliphatic rings. The Balaban J connectivity index is 1.16. The van der Waals surface area contributed by atoms with Crippen molar-refractivity contribution in [3.8, 4) is 28.4 Å². The highest BCUT2D eigenvalue weighted by molar-refractivity contribution is 9.10. The summed E-state index contributed by atoms with van der Waals surface area (Å²) in [5.41, 5.74) is 3.52. The molecule has 1 amide bonds. The Morgan fingerprint density at radius 1 is 0.804 bits per heavy atom. The van der Waals surface area contributed by atoms with Crippen LogP contribution in [0, 0.1) is 0 Å². The number of carbonyl (C=O) groups excluding carboxylic acids is 1. The van der Waals surface area contributed by atoms with Gasteiger partial charge in [0, 0.05) is 28.0 Å². The third kappa shape index (κ3) is 7.25. The highest BCUT2D eigenvalue weighted by Gasteiger charge is 2.24. The summed E-state index contributed by atoms with van der Waals surface area (Å²) in [5.74, 6) is 0.0613. The van der Waals surface area contributed by atoms with Crippen LogP contribution in [0.1, 0.15) is 21.6 Å². The molecule has 5 aromatic carbocycles. The molecule has 6 rings (SSSR count). The molecule has 1 heterocycles. The minimum Gasteiger partial charge on any atom is -0.486 e. The molecular weight excluding hydrogens is 644 g/mol. The SMILES string of the molecule is O=C(N[C@@H](Cc1ccc(-c2ccccc2Oc2ccccc2)cc1)C(=O)O)c1cc(Br)ccc1OCc1nccc2ccccc12. The summed E-state index contributed by atoms with van der Waals surface area (Å²) < 4.78 is 12.8. The Labute approximate surface area is 274 Å². The van der Waals surface area contributed by atoms with Gasteiger partial charge in [-0.1, -0.05) is 101 Å². The van der Waals surface area contributed by atoms with Gasteiger partial charge in [-0.3, -0.25) is 9.78 Å². The predicted molar refractivity (Wildman–Crippen MR) is 181 cm³/mol. The number of aliphatic carboxylic acids is 1. The van der Waals surface area contributed by atoms with Crippen molar-refractivity contribution in [1.29, 1.82) is 0 Å². The maximum atomic E-state index is 13.5. The summed E-state index contributed by atoms with van der Waals surface area (Å²) in [7, 11) is 0. The quantitative estimate of drug-likeness (QED) is 0.143. The number of benzene rings is 5. The van der Waals surface area contributed by atoms with Crippen LogP contribution in [0.4, 0.5) is 0 Å². The number of carboxylic acids is 1. The van der Waals surface area contributed by atoms with E-state index in [1.807, 2.05) is 109 Å². The van der Waals surface area contributed by atoms with Crippen molar-refractivity contribution in [3.05, 3.63) is 155 Å². The van der Waals surface area contributed by atoms with Crippen molar-refractivity contribution >= 4 is 38.6 Å². The van der Waals surface area contributed by atoms with E-state index in [0.717, 1.165) is 38.9 Å². The van der Waals surface area contributed by atoms with E-state index in [-0.39, 0.29) is 18.6 Å². The van der Waals surface area contributed by atoms with Crippen LogP contribution in [0.2, 0.25) is 0 Å². The molecule has 0 bridgehead atoms. The monoisotopic (exact) mass is 672 g/mol. The number of pyridine rings is 1. The fourth-order valence-electron chi connectivity index (χ4n) is 5.15. The number of aromatic nitrogens is 1. The molecule has 0 aliphatic heterocycles. The number of rotatable bonds is 11. The molecule has 228 valence electrons. The van der Waals surface area contributed by atoms with Gasteiger partial charge < -0.3 is 19.9 Å². The van der Waals surface area contributed by atoms with Gasteiger partial charge in [-0.15, -0.1) is 0 Å². The standard InChI is InChI=1S/C38H29BrN2O5/c39-28-18-19-35(45-24-34-30-11-5-4-8-26(30)20-21-40-34)32(23-28)37(42)41-33(38(43)44)22-25-14-16-27(17-15-25)31-12-6-7-13-36(31)46-29-9-2-1-3-10-29/h1-21,23,33H,22,24H2,(H,41,42)(H,43,44)/t33-/m0/s1. The number of carbonyl (C=O) groups is 2. The summed E-state index contributed by atoms with van der Waals surface area (Å²) in [6.07, 6.45) is 1.81. The molecule has 1 atom stereocenters. The lowest BCUT2D eigenvalue weighted by Gasteiger charge is -2.17. The number of nitrogens with one attached hydrogen (secondary N) is 1. The number of carboxylic acid groups (broad SMARTS) is 1. The second kappa shape index (κ2) is 14.1. The third-order valence-corrected chi connectivity index (χ3v) is 7.97. The van der Waals surface area contributed by atoms with Crippen LogP contribution < -0.4 is 14.8 Å². The lowest BCUT2D eigenvalue weighted by Crippen LogP contribution is -2.42. The molecule has 0 saturated carbocycles. The van der Waals surface area contributed by atoms with E-state index in [2.05, 4.69) is 26.2 Å². The molecule has 46 heavy (non-hydrogen) atoms. The Hall–Kier alpha value is -5.47. The zero-order valence-electron chi connectivity index (χ0n) is 24.6. The van der Waals surface area contributed by atoms with Crippen molar-refractivity contribution in [2.75, 3.05) is 0 Å². The molecule has 1 aromatic heterocycles. The fraction of sp³-hybridized carbons (Fsp3) is 0.0789. The average molecular weight is 674 g/mol. The van der Waals surface area contributed by atoms with Crippen LogP contribution in [-0.4, -0.2) is 28.0 Å². The third-order valence-electron chi connectivity index (χ3n) is 7.47. The zero-order valence-corrected chi connectivity index (χ0v) is 26.2. The normalized spacial score (nSPS) is 11.5. The van der Waals surface area contributed by atoms with Crippen LogP contribution in [-0.2, 0) is 17.8 Å². The number of para-hydroxylation sites is 2. The van der Waals surface area contributed by atoms with Gasteiger partial charge in [-0.05, 0) is 59.0 Å². The molecule has 0 fully saturated rings. The van der Waals surface area contributed by atoms with Gasteiger partial charge in [0.05, 0.1) is 11.3 Å². The number of hydrogen-bond donors (Lipinski definition) is 2. The smallest absolute Gasteiger partial charge is 0.326 e. The van der Waals surface area contributed by atoms with E-state index < -0.39 is 17.9 Å². The van der Waals surface area contributed by atoms with E-state index in [4.69, 9.17) is 9.47 Å². The lowest BCUT2D eigenvalue weighted by molar-refractivity contribution is -0.139. The molecule has 0 saturated heterocycles. The van der Waals surface area contributed by atoms with Crippen LogP contribution in [0.25, 0.3) is 21.9 Å². The summed E-state index contributed by atoms with van der Waals surface area (Å²) in [6, 6.07) is 38.5.